The van der Waals surface area contributed by atoms with Crippen LogP contribution in [0.2, 0.25) is 0 Å². The van der Waals surface area contributed by atoms with Crippen LogP contribution in [0.4, 0.5) is 5.13 Å². The van der Waals surface area contributed by atoms with Crippen LogP contribution < -0.4 is 10.6 Å². The van der Waals surface area contributed by atoms with E-state index in [2.05, 4.69) is 34.7 Å². The molecule has 21 heavy (non-hydrogen) atoms. The van der Waals surface area contributed by atoms with Crippen molar-refractivity contribution >= 4 is 34.1 Å². The van der Waals surface area contributed by atoms with Crippen molar-refractivity contribution in [3.63, 3.8) is 0 Å². The van der Waals surface area contributed by atoms with Gasteiger partial charge in [0.05, 0.1) is 11.9 Å². The highest BCUT2D eigenvalue weighted by Gasteiger charge is 2.16. The average molecular weight is 330 g/mol. The summed E-state index contributed by atoms with van der Waals surface area (Å²) in [6, 6.07) is 0. The average Bonchev–Trinajstić information content (AvgIpc) is 3.12. The number of rotatable bonds is 8. The molecule has 1 atom stereocenters. The third-order valence-electron chi connectivity index (χ3n) is 2.95. The lowest BCUT2D eigenvalue weighted by Crippen LogP contribution is -2.32. The largest absolute Gasteiger partial charge is 0.376 e. The summed E-state index contributed by atoms with van der Waals surface area (Å²) in [5, 5.41) is 15.1. The van der Waals surface area contributed by atoms with Crippen molar-refractivity contribution in [1.29, 1.82) is 0 Å². The lowest BCUT2D eigenvalue weighted by atomic mass is 10.2. The Balaban J connectivity index is 1.63. The van der Waals surface area contributed by atoms with Crippen molar-refractivity contribution < 1.29 is 9.53 Å². The van der Waals surface area contributed by atoms with Gasteiger partial charge in [0.1, 0.15) is 0 Å². The summed E-state index contributed by atoms with van der Waals surface area (Å²) < 4.78 is 6.28. The van der Waals surface area contributed by atoms with Crippen LogP contribution in [0.3, 0.4) is 0 Å². The second-order valence-corrected chi connectivity index (χ2v) is 7.58. The van der Waals surface area contributed by atoms with E-state index in [1.54, 1.807) is 0 Å². The van der Waals surface area contributed by atoms with E-state index in [1.165, 1.54) is 23.1 Å². The van der Waals surface area contributed by atoms with Crippen molar-refractivity contribution in [2.75, 3.05) is 30.8 Å². The Kier molecular flexibility index (Phi) is 6.72. The van der Waals surface area contributed by atoms with Gasteiger partial charge in [-0.15, -0.1) is 10.2 Å². The van der Waals surface area contributed by atoms with Crippen LogP contribution in [0.1, 0.15) is 26.7 Å². The normalized spacial score (nSPS) is 18.1. The van der Waals surface area contributed by atoms with E-state index in [0.717, 1.165) is 35.5 Å². The highest BCUT2D eigenvalue weighted by Crippen LogP contribution is 2.25. The topological polar surface area (TPSA) is 76.1 Å². The van der Waals surface area contributed by atoms with Gasteiger partial charge in [-0.1, -0.05) is 36.9 Å². The van der Waals surface area contributed by atoms with Crippen molar-refractivity contribution in [3.05, 3.63) is 0 Å². The van der Waals surface area contributed by atoms with Crippen LogP contribution in [-0.4, -0.2) is 47.7 Å². The molecule has 1 fully saturated rings. The van der Waals surface area contributed by atoms with Crippen molar-refractivity contribution in [2.45, 2.75) is 37.1 Å². The zero-order valence-electron chi connectivity index (χ0n) is 12.4. The van der Waals surface area contributed by atoms with Gasteiger partial charge in [-0.3, -0.25) is 4.79 Å². The molecule has 2 N–H and O–H groups in total. The quantitative estimate of drug-likeness (QED) is 0.710. The van der Waals surface area contributed by atoms with E-state index < -0.39 is 0 Å². The van der Waals surface area contributed by atoms with Gasteiger partial charge in [-0.05, 0) is 18.8 Å². The van der Waals surface area contributed by atoms with Gasteiger partial charge < -0.3 is 15.4 Å². The molecule has 0 radical (unpaired) electrons. The maximum Gasteiger partial charge on any atom is 0.230 e. The van der Waals surface area contributed by atoms with Gasteiger partial charge in [0.25, 0.3) is 0 Å². The number of aromatic nitrogens is 2. The van der Waals surface area contributed by atoms with Gasteiger partial charge in [0.2, 0.25) is 11.0 Å². The molecule has 1 aromatic heterocycles. The summed E-state index contributed by atoms with van der Waals surface area (Å²) in [7, 11) is 0. The number of hydrogen-bond donors (Lipinski definition) is 2. The molecule has 1 aliphatic heterocycles. The Morgan fingerprint density at radius 1 is 1.52 bits per heavy atom. The molecular formula is C13H22N4O2S2. The molecule has 2 rings (SSSR count). The highest BCUT2D eigenvalue weighted by molar-refractivity contribution is 8.01. The first-order valence-electron chi connectivity index (χ1n) is 7.22. The molecule has 1 amide bonds. The van der Waals surface area contributed by atoms with E-state index >= 15 is 0 Å². The van der Waals surface area contributed by atoms with Crippen LogP contribution in [0.25, 0.3) is 0 Å². The fourth-order valence-corrected chi connectivity index (χ4v) is 3.43. The maximum atomic E-state index is 11.7. The Hall–Kier alpha value is -0.860. The Bertz CT molecular complexity index is 447. The van der Waals surface area contributed by atoms with Gasteiger partial charge in [0.15, 0.2) is 4.34 Å². The summed E-state index contributed by atoms with van der Waals surface area (Å²) in [6.07, 6.45) is 2.31. The fraction of sp³-hybridized carbons (Fsp3) is 0.769. The lowest BCUT2D eigenvalue weighted by Gasteiger charge is -2.09. The van der Waals surface area contributed by atoms with Crippen LogP contribution >= 0.6 is 23.1 Å². The molecule has 0 aliphatic carbocycles. The van der Waals surface area contributed by atoms with Crippen LogP contribution in [0, 0.1) is 5.92 Å². The molecule has 6 nitrogen and oxygen atoms in total. The second-order valence-electron chi connectivity index (χ2n) is 5.38. The smallest absolute Gasteiger partial charge is 0.230 e. The predicted octanol–water partition coefficient (Wildman–Crippen LogP) is 1.99. The number of amides is 1. The first-order valence-corrected chi connectivity index (χ1v) is 9.02. The number of nitrogens with zero attached hydrogens (tertiary/aromatic N) is 2. The zero-order valence-corrected chi connectivity index (χ0v) is 14.1. The first-order chi connectivity index (χ1) is 10.1. The minimum Gasteiger partial charge on any atom is -0.376 e. The third-order valence-corrected chi connectivity index (χ3v) is 4.96. The first kappa shape index (κ1) is 16.5. The van der Waals surface area contributed by atoms with Crippen molar-refractivity contribution in [1.82, 2.24) is 15.5 Å². The summed E-state index contributed by atoms with van der Waals surface area (Å²) >= 11 is 2.90. The van der Waals surface area contributed by atoms with E-state index in [0.29, 0.717) is 18.2 Å². The van der Waals surface area contributed by atoms with E-state index in [9.17, 15) is 4.79 Å². The van der Waals surface area contributed by atoms with Crippen molar-refractivity contribution in [3.8, 4) is 0 Å². The fourth-order valence-electron chi connectivity index (χ4n) is 1.84. The molecule has 2 heterocycles. The van der Waals surface area contributed by atoms with Crippen molar-refractivity contribution in [2.24, 2.45) is 5.92 Å². The predicted molar refractivity (Wildman–Crippen MR) is 85.9 cm³/mol. The lowest BCUT2D eigenvalue weighted by molar-refractivity contribution is -0.119. The molecule has 8 heteroatoms. The number of hydrogen-bond acceptors (Lipinski definition) is 7. The Labute approximate surface area is 133 Å². The molecule has 0 spiro atoms. The van der Waals surface area contributed by atoms with E-state index in [-0.39, 0.29) is 12.0 Å². The second kappa shape index (κ2) is 8.55. The highest BCUT2D eigenvalue weighted by atomic mass is 32.2. The third kappa shape index (κ3) is 6.19. The van der Waals surface area contributed by atoms with Crippen LogP contribution in [0.5, 0.6) is 0 Å². The van der Waals surface area contributed by atoms with E-state index in [4.69, 9.17) is 4.74 Å². The number of carbonyl (C=O) groups is 1. The molecule has 1 aliphatic rings. The van der Waals surface area contributed by atoms with Gasteiger partial charge in [0, 0.05) is 19.7 Å². The molecule has 0 saturated carbocycles. The van der Waals surface area contributed by atoms with Crippen LogP contribution in [0.15, 0.2) is 4.34 Å². The summed E-state index contributed by atoms with van der Waals surface area (Å²) in [5.74, 6) is 0.946. The van der Waals surface area contributed by atoms with E-state index in [1.807, 2.05) is 0 Å². The molecule has 1 aromatic rings. The monoisotopic (exact) mass is 330 g/mol. The number of ether oxygens (including phenoxy) is 1. The minimum atomic E-state index is 0.0161. The Morgan fingerprint density at radius 3 is 3.10 bits per heavy atom. The number of carbonyl (C=O) groups excluding carboxylic acids is 1. The minimum absolute atomic E-state index is 0.0161. The summed E-state index contributed by atoms with van der Waals surface area (Å²) in [4.78, 5) is 11.7. The molecule has 0 bridgehead atoms. The summed E-state index contributed by atoms with van der Waals surface area (Å²) in [5.41, 5.74) is 0. The molecule has 1 saturated heterocycles. The number of anilines is 1. The number of nitrogens with one attached hydrogen (secondary N) is 2. The molecule has 0 aromatic carbocycles. The zero-order chi connectivity index (χ0) is 15.1. The standard InChI is InChI=1S/C13H22N4O2S2/c1-9(2)6-15-12-16-17-13(21-12)20-8-11(18)14-7-10-4-3-5-19-10/h9-10H,3-8H2,1-2H3,(H,14,18)(H,15,16). The number of thioether (sulfide) groups is 1. The Morgan fingerprint density at radius 2 is 2.38 bits per heavy atom. The maximum absolute atomic E-state index is 11.7. The molecule has 1 unspecified atom stereocenters. The van der Waals surface area contributed by atoms with Crippen LogP contribution in [-0.2, 0) is 9.53 Å². The molecular weight excluding hydrogens is 308 g/mol. The van der Waals surface area contributed by atoms with Gasteiger partial charge in [-0.2, -0.15) is 0 Å². The molecule has 118 valence electrons. The summed E-state index contributed by atoms with van der Waals surface area (Å²) in [6.45, 7) is 6.58. The van der Waals surface area contributed by atoms with Gasteiger partial charge >= 0.3 is 0 Å². The van der Waals surface area contributed by atoms with Gasteiger partial charge in [-0.25, -0.2) is 0 Å². The SMILES string of the molecule is CC(C)CNc1nnc(SCC(=O)NCC2CCCO2)s1.